The fourth-order valence-corrected chi connectivity index (χ4v) is 7.39. The third-order valence-corrected chi connectivity index (χ3v) is 9.74. The van der Waals surface area contributed by atoms with Gasteiger partial charge in [0.1, 0.15) is 22.3 Å². The molecule has 1 aliphatic heterocycles. The Morgan fingerprint density at radius 1 is 0.469 bits per heavy atom. The molecule has 9 aromatic rings. The Hall–Kier alpha value is -6.45. The van der Waals surface area contributed by atoms with Crippen molar-refractivity contribution in [3.05, 3.63) is 181 Å². The normalized spacial score (nSPS) is 13.6. The van der Waals surface area contributed by atoms with E-state index >= 15 is 0 Å². The van der Waals surface area contributed by atoms with Gasteiger partial charge in [-0.2, -0.15) is 0 Å². The summed E-state index contributed by atoms with van der Waals surface area (Å²) in [6, 6.07) is 52.9. The molecule has 0 amide bonds. The molecule has 3 nitrogen and oxygen atoms in total. The van der Waals surface area contributed by atoms with Crippen LogP contribution in [0.5, 0.6) is 0 Å². The Balaban J connectivity index is 1.19. The maximum absolute atomic E-state index is 6.78. The summed E-state index contributed by atoms with van der Waals surface area (Å²) in [5, 5.41) is 6.68. The molecule has 0 saturated heterocycles. The van der Waals surface area contributed by atoms with Crippen molar-refractivity contribution in [3.63, 3.8) is 0 Å². The molecule has 0 N–H and O–H groups in total. The first-order valence-corrected chi connectivity index (χ1v) is 16.7. The van der Waals surface area contributed by atoms with Gasteiger partial charge < -0.3 is 8.83 Å². The summed E-state index contributed by atoms with van der Waals surface area (Å²) in [6.07, 6.45) is 5.27. The molecule has 10 rings (SSSR count). The van der Waals surface area contributed by atoms with Crippen LogP contribution in [0.15, 0.2) is 178 Å². The number of rotatable bonds is 4. The third kappa shape index (κ3) is 4.55. The summed E-state index contributed by atoms with van der Waals surface area (Å²) in [6.45, 7) is 0. The van der Waals surface area contributed by atoms with Crippen LogP contribution in [0.1, 0.15) is 23.1 Å². The quantitative estimate of drug-likeness (QED) is 0.195. The van der Waals surface area contributed by atoms with E-state index in [-0.39, 0.29) is 0 Å². The first-order chi connectivity index (χ1) is 24.3. The predicted octanol–water partition coefficient (Wildman–Crippen LogP) is 12.6. The Kier molecular flexibility index (Phi) is 6.25. The zero-order chi connectivity index (χ0) is 32.3. The molecule has 0 spiro atoms. The highest BCUT2D eigenvalue weighted by Gasteiger charge is 2.21. The molecular formula is C46H29NO2. The molecular weight excluding hydrogens is 599 g/mol. The van der Waals surface area contributed by atoms with Crippen molar-refractivity contribution < 1.29 is 8.83 Å². The second-order valence-corrected chi connectivity index (χ2v) is 12.6. The number of furan rings is 2. The molecule has 3 heterocycles. The minimum Gasteiger partial charge on any atom is -0.455 e. The van der Waals surface area contributed by atoms with E-state index in [0.29, 0.717) is 0 Å². The molecule has 0 atom stereocenters. The van der Waals surface area contributed by atoms with Gasteiger partial charge >= 0.3 is 0 Å². The van der Waals surface area contributed by atoms with Gasteiger partial charge in [0, 0.05) is 38.2 Å². The number of hydrogen-bond donors (Lipinski definition) is 0. The minimum atomic E-state index is 0.782. The summed E-state index contributed by atoms with van der Waals surface area (Å²) in [5.41, 5.74) is 11.9. The van der Waals surface area contributed by atoms with Crippen LogP contribution in [-0.2, 0) is 0 Å². The van der Waals surface area contributed by atoms with E-state index in [2.05, 4.69) is 158 Å². The first kappa shape index (κ1) is 27.6. The first-order valence-electron chi connectivity index (χ1n) is 16.7. The molecule has 7 aromatic carbocycles. The van der Waals surface area contributed by atoms with Crippen molar-refractivity contribution in [2.75, 3.05) is 0 Å². The second kappa shape index (κ2) is 11.1. The molecule has 0 fully saturated rings. The Morgan fingerprint density at radius 3 is 1.86 bits per heavy atom. The Morgan fingerprint density at radius 2 is 1.08 bits per heavy atom. The van der Waals surface area contributed by atoms with Gasteiger partial charge in [0.2, 0.25) is 0 Å². The fraction of sp³-hybridized carbons (Fsp3) is 0.0217. The van der Waals surface area contributed by atoms with E-state index in [1.54, 1.807) is 0 Å². The average molecular weight is 628 g/mol. The molecule has 0 saturated carbocycles. The van der Waals surface area contributed by atoms with Crippen LogP contribution >= 0.6 is 0 Å². The van der Waals surface area contributed by atoms with Crippen LogP contribution in [0.2, 0.25) is 0 Å². The molecule has 0 aliphatic carbocycles. The summed E-state index contributed by atoms with van der Waals surface area (Å²) in [5.74, 6) is 0. The number of hydrogen-bond acceptors (Lipinski definition) is 3. The van der Waals surface area contributed by atoms with Gasteiger partial charge in [-0.15, -0.1) is 0 Å². The summed E-state index contributed by atoms with van der Waals surface area (Å²) in [4.78, 5) is 5.34. The lowest BCUT2D eigenvalue weighted by Gasteiger charge is -2.08. The van der Waals surface area contributed by atoms with E-state index in [4.69, 9.17) is 13.8 Å². The maximum Gasteiger partial charge on any atom is 0.143 e. The summed E-state index contributed by atoms with van der Waals surface area (Å²) >= 11 is 0. The van der Waals surface area contributed by atoms with Crippen molar-refractivity contribution in [3.8, 4) is 11.1 Å². The molecule has 0 radical (unpaired) electrons. The number of fused-ring (bicyclic) bond motifs is 7. The lowest BCUT2D eigenvalue weighted by atomic mass is 9.95. The van der Waals surface area contributed by atoms with E-state index in [1.807, 2.05) is 6.07 Å². The number of aliphatic imine (C=N–C) groups is 1. The smallest absolute Gasteiger partial charge is 0.143 e. The van der Waals surface area contributed by atoms with Crippen LogP contribution < -0.4 is 0 Å². The van der Waals surface area contributed by atoms with E-state index in [0.717, 1.165) is 84.0 Å². The van der Waals surface area contributed by atoms with E-state index < -0.39 is 0 Å². The molecule has 49 heavy (non-hydrogen) atoms. The average Bonchev–Trinajstić information content (AvgIpc) is 3.64. The van der Waals surface area contributed by atoms with Crippen LogP contribution in [0.4, 0.5) is 0 Å². The van der Waals surface area contributed by atoms with Crippen molar-refractivity contribution >= 4 is 71.6 Å². The molecule has 3 heteroatoms. The van der Waals surface area contributed by atoms with Gasteiger partial charge in [-0.25, -0.2) is 4.99 Å². The third-order valence-electron chi connectivity index (χ3n) is 9.74. The molecule has 230 valence electrons. The van der Waals surface area contributed by atoms with Crippen molar-refractivity contribution in [1.29, 1.82) is 0 Å². The van der Waals surface area contributed by atoms with Gasteiger partial charge in [-0.05, 0) is 58.2 Å². The molecule has 0 bridgehead atoms. The van der Waals surface area contributed by atoms with Gasteiger partial charge in [0.05, 0.1) is 11.4 Å². The number of allylic oxidation sites excluding steroid dienone is 3. The van der Waals surface area contributed by atoms with Crippen molar-refractivity contribution in [1.82, 2.24) is 0 Å². The Bertz CT molecular complexity index is 2830. The largest absolute Gasteiger partial charge is 0.455 e. The molecule has 2 aromatic heterocycles. The van der Waals surface area contributed by atoms with Crippen LogP contribution in [-0.4, -0.2) is 5.71 Å². The van der Waals surface area contributed by atoms with E-state index in [9.17, 15) is 0 Å². The second-order valence-electron chi connectivity index (χ2n) is 12.6. The van der Waals surface area contributed by atoms with Gasteiger partial charge in [0.25, 0.3) is 0 Å². The fourth-order valence-electron chi connectivity index (χ4n) is 7.39. The maximum atomic E-state index is 6.78. The van der Waals surface area contributed by atoms with E-state index in [1.165, 1.54) is 21.9 Å². The van der Waals surface area contributed by atoms with Gasteiger partial charge in [-0.1, -0.05) is 140 Å². The Labute approximate surface area is 282 Å². The highest BCUT2D eigenvalue weighted by molar-refractivity contribution is 6.26. The summed E-state index contributed by atoms with van der Waals surface area (Å²) in [7, 11) is 0. The number of para-hydroxylation sites is 2. The van der Waals surface area contributed by atoms with Crippen LogP contribution in [0, 0.1) is 0 Å². The predicted molar refractivity (Wildman–Crippen MR) is 204 cm³/mol. The van der Waals surface area contributed by atoms with Crippen molar-refractivity contribution in [2.24, 2.45) is 4.99 Å². The van der Waals surface area contributed by atoms with Crippen molar-refractivity contribution in [2.45, 2.75) is 6.42 Å². The lowest BCUT2D eigenvalue weighted by molar-refractivity contribution is 0.665. The zero-order valence-corrected chi connectivity index (χ0v) is 26.6. The van der Waals surface area contributed by atoms with Crippen LogP contribution in [0.3, 0.4) is 0 Å². The monoisotopic (exact) mass is 627 g/mol. The lowest BCUT2D eigenvalue weighted by Crippen LogP contribution is -1.99. The molecule has 0 unspecified atom stereocenters. The number of nitrogens with zero attached hydrogens (tertiary/aromatic N) is 1. The summed E-state index contributed by atoms with van der Waals surface area (Å²) < 4.78 is 13.4. The number of benzene rings is 7. The highest BCUT2D eigenvalue weighted by Crippen LogP contribution is 2.43. The SMILES string of the molecule is C1=C(c2ccccc2)CC=C(c2ccccc2)N=C1c1cccc2oc3c(-c4cccc5c4oc4cc6ccccc6cc45)cccc3c12. The van der Waals surface area contributed by atoms with Gasteiger partial charge in [-0.3, -0.25) is 0 Å². The molecule has 1 aliphatic rings. The van der Waals surface area contributed by atoms with Gasteiger partial charge in [0.15, 0.2) is 0 Å². The highest BCUT2D eigenvalue weighted by atomic mass is 16.3. The standard InChI is InChI=1S/C46H29NO2/c1-3-12-29(13-4-1)33-24-25-40(30-14-5-2-6-15-30)47-41(27-33)37-21-11-23-42-44(37)38-22-10-19-35(46(38)48-42)34-18-9-20-36-39-26-31-16-7-8-17-32(31)28-43(39)49-45(34)36/h1-23,25-28H,24H2. The minimum absolute atomic E-state index is 0.782. The topological polar surface area (TPSA) is 38.6 Å². The zero-order valence-electron chi connectivity index (χ0n) is 26.6. The van der Waals surface area contributed by atoms with Crippen LogP contribution in [0.25, 0.3) is 77.0 Å².